The van der Waals surface area contributed by atoms with Gasteiger partial charge in [0.2, 0.25) is 0 Å². The molecule has 1 heterocycles. The fourth-order valence-corrected chi connectivity index (χ4v) is 2.49. The van der Waals surface area contributed by atoms with Gasteiger partial charge in [0, 0.05) is 28.0 Å². The number of nitrogens with zero attached hydrogens (tertiary/aromatic N) is 4. The predicted octanol–water partition coefficient (Wildman–Crippen LogP) is 2.62. The van der Waals surface area contributed by atoms with E-state index in [4.69, 9.17) is 16.7 Å². The van der Waals surface area contributed by atoms with Crippen molar-refractivity contribution < 1.29 is 9.90 Å². The first-order valence-corrected chi connectivity index (χ1v) is 6.68. The average molecular weight is 346 g/mol. The van der Waals surface area contributed by atoms with Crippen LogP contribution in [0.3, 0.4) is 0 Å². The summed E-state index contributed by atoms with van der Waals surface area (Å²) in [6, 6.07) is 5.38. The van der Waals surface area contributed by atoms with Gasteiger partial charge < -0.3 is 5.11 Å². The van der Waals surface area contributed by atoms with E-state index < -0.39 is 5.97 Å². The van der Waals surface area contributed by atoms with Crippen LogP contribution < -0.4 is 0 Å². The molecule has 19 heavy (non-hydrogen) atoms. The van der Waals surface area contributed by atoms with Crippen LogP contribution in [0.15, 0.2) is 22.7 Å². The largest absolute Gasteiger partial charge is 0.481 e. The lowest BCUT2D eigenvalue weighted by atomic mass is 10.2. The lowest BCUT2D eigenvalue weighted by molar-refractivity contribution is -0.137. The van der Waals surface area contributed by atoms with E-state index in [0.29, 0.717) is 23.8 Å². The molecule has 0 saturated heterocycles. The van der Waals surface area contributed by atoms with E-state index in [1.807, 2.05) is 6.07 Å². The zero-order valence-corrected chi connectivity index (χ0v) is 12.1. The minimum absolute atomic E-state index is 0.0819. The molecule has 0 saturated carbocycles. The molecule has 1 N–H and O–H groups in total. The molecule has 1 aromatic heterocycles. The molecule has 0 aliphatic heterocycles. The molecule has 2 rings (SSSR count). The van der Waals surface area contributed by atoms with Gasteiger partial charge in [0.1, 0.15) is 0 Å². The second kappa shape index (κ2) is 6.12. The van der Waals surface area contributed by atoms with Crippen molar-refractivity contribution in [2.75, 3.05) is 0 Å². The second-order valence-electron chi connectivity index (χ2n) is 3.88. The van der Waals surface area contributed by atoms with Crippen molar-refractivity contribution in [3.05, 3.63) is 27.7 Å². The van der Waals surface area contributed by atoms with Crippen LogP contribution in [0.5, 0.6) is 0 Å². The van der Waals surface area contributed by atoms with Crippen molar-refractivity contribution in [3.63, 3.8) is 0 Å². The molecular weight excluding hydrogens is 336 g/mol. The van der Waals surface area contributed by atoms with Crippen LogP contribution in [-0.4, -0.2) is 31.3 Å². The molecule has 0 spiro atoms. The van der Waals surface area contributed by atoms with E-state index >= 15 is 0 Å². The molecule has 100 valence electrons. The molecule has 0 amide bonds. The zero-order valence-electron chi connectivity index (χ0n) is 9.75. The first-order valence-electron chi connectivity index (χ1n) is 5.50. The first kappa shape index (κ1) is 14.0. The van der Waals surface area contributed by atoms with E-state index in [0.717, 1.165) is 10.0 Å². The van der Waals surface area contributed by atoms with E-state index in [9.17, 15) is 4.79 Å². The van der Waals surface area contributed by atoms with Crippen LogP contribution in [-0.2, 0) is 11.3 Å². The smallest absolute Gasteiger partial charge is 0.303 e. The molecule has 6 nitrogen and oxygen atoms in total. The van der Waals surface area contributed by atoms with Gasteiger partial charge in [-0.1, -0.05) is 27.5 Å². The minimum atomic E-state index is -0.833. The summed E-state index contributed by atoms with van der Waals surface area (Å²) in [5.74, 6) is -0.270. The Labute approximate surface area is 122 Å². The number of aryl methyl sites for hydroxylation is 1. The number of hydrogen-bond acceptors (Lipinski definition) is 4. The highest BCUT2D eigenvalue weighted by molar-refractivity contribution is 9.10. The Morgan fingerprint density at radius 2 is 2.21 bits per heavy atom. The van der Waals surface area contributed by atoms with Gasteiger partial charge in [-0.2, -0.15) is 0 Å². The predicted molar refractivity (Wildman–Crippen MR) is 72.8 cm³/mol. The summed E-state index contributed by atoms with van der Waals surface area (Å²) < 4.78 is 2.40. The monoisotopic (exact) mass is 344 g/mol. The Kier molecular flexibility index (Phi) is 4.49. The van der Waals surface area contributed by atoms with Crippen LogP contribution in [0.4, 0.5) is 0 Å². The standard InChI is InChI=1S/C11H10BrClN4O2/c12-8-4-7(5-9(13)6-8)11-14-15-16-17(11)3-1-2-10(18)19/h4-6H,1-3H2,(H,18,19). The van der Waals surface area contributed by atoms with Gasteiger partial charge in [-0.25, -0.2) is 4.68 Å². The van der Waals surface area contributed by atoms with Crippen LogP contribution in [0, 0.1) is 0 Å². The van der Waals surface area contributed by atoms with Gasteiger partial charge in [-0.3, -0.25) is 4.79 Å². The van der Waals surface area contributed by atoms with E-state index in [2.05, 4.69) is 31.5 Å². The molecule has 0 bridgehead atoms. The highest BCUT2D eigenvalue weighted by Crippen LogP contribution is 2.25. The minimum Gasteiger partial charge on any atom is -0.481 e. The van der Waals surface area contributed by atoms with Crippen molar-refractivity contribution in [1.29, 1.82) is 0 Å². The van der Waals surface area contributed by atoms with Crippen molar-refractivity contribution in [2.24, 2.45) is 0 Å². The number of aliphatic carboxylic acids is 1. The summed E-state index contributed by atoms with van der Waals surface area (Å²) >= 11 is 9.33. The summed E-state index contributed by atoms with van der Waals surface area (Å²) in [6.07, 6.45) is 0.549. The number of carboxylic acids is 1. The van der Waals surface area contributed by atoms with E-state index in [1.165, 1.54) is 0 Å². The Balaban J connectivity index is 2.21. The highest BCUT2D eigenvalue weighted by Gasteiger charge is 2.10. The van der Waals surface area contributed by atoms with E-state index in [-0.39, 0.29) is 6.42 Å². The summed E-state index contributed by atoms with van der Waals surface area (Å²) in [6.45, 7) is 0.443. The molecule has 8 heteroatoms. The Bertz CT molecular complexity index is 582. The van der Waals surface area contributed by atoms with E-state index in [1.54, 1.807) is 16.8 Å². The number of tetrazole rings is 1. The Hall–Kier alpha value is -1.47. The maximum Gasteiger partial charge on any atom is 0.303 e. The van der Waals surface area contributed by atoms with Crippen LogP contribution in [0.1, 0.15) is 12.8 Å². The lowest BCUT2D eigenvalue weighted by Crippen LogP contribution is -2.05. The zero-order chi connectivity index (χ0) is 13.8. The molecule has 0 atom stereocenters. The number of benzene rings is 1. The van der Waals surface area contributed by atoms with Gasteiger partial charge in [0.05, 0.1) is 0 Å². The maximum atomic E-state index is 10.5. The molecule has 0 radical (unpaired) electrons. The number of carboxylic acid groups (broad SMARTS) is 1. The number of halogens is 2. The second-order valence-corrected chi connectivity index (χ2v) is 5.23. The highest BCUT2D eigenvalue weighted by atomic mass is 79.9. The summed E-state index contributed by atoms with van der Waals surface area (Å²) in [4.78, 5) is 10.5. The van der Waals surface area contributed by atoms with Crippen LogP contribution >= 0.6 is 27.5 Å². The summed E-state index contributed by atoms with van der Waals surface area (Å²) in [5.41, 5.74) is 0.778. The van der Waals surface area contributed by atoms with Crippen molar-refractivity contribution in [1.82, 2.24) is 20.2 Å². The number of rotatable bonds is 5. The van der Waals surface area contributed by atoms with Crippen LogP contribution in [0.25, 0.3) is 11.4 Å². The molecule has 1 aromatic carbocycles. The Morgan fingerprint density at radius 3 is 2.89 bits per heavy atom. The van der Waals surface area contributed by atoms with Gasteiger partial charge in [-0.15, -0.1) is 5.10 Å². The summed E-state index contributed by atoms with van der Waals surface area (Å²) in [5, 5.41) is 20.6. The molecule has 0 fully saturated rings. The van der Waals surface area contributed by atoms with Crippen molar-refractivity contribution >= 4 is 33.5 Å². The molecule has 0 aliphatic carbocycles. The molecule has 0 aliphatic rings. The molecular formula is C11H10BrClN4O2. The number of carbonyl (C=O) groups is 1. The molecule has 2 aromatic rings. The van der Waals surface area contributed by atoms with Crippen LogP contribution in [0.2, 0.25) is 5.02 Å². The van der Waals surface area contributed by atoms with Crippen molar-refractivity contribution in [3.8, 4) is 11.4 Å². The molecule has 0 unspecified atom stereocenters. The first-order chi connectivity index (χ1) is 9.06. The maximum absolute atomic E-state index is 10.5. The third kappa shape index (κ3) is 3.74. The van der Waals surface area contributed by atoms with Gasteiger partial charge in [-0.05, 0) is 35.0 Å². The normalized spacial score (nSPS) is 10.6. The fraction of sp³-hybridized carbons (Fsp3) is 0.273. The topological polar surface area (TPSA) is 80.9 Å². The third-order valence-electron chi connectivity index (χ3n) is 2.41. The lowest BCUT2D eigenvalue weighted by Gasteiger charge is -2.04. The van der Waals surface area contributed by atoms with Gasteiger partial charge in [0.15, 0.2) is 5.82 Å². The quantitative estimate of drug-likeness (QED) is 0.901. The van der Waals surface area contributed by atoms with Crippen molar-refractivity contribution in [2.45, 2.75) is 19.4 Å². The summed E-state index contributed by atoms with van der Waals surface area (Å²) in [7, 11) is 0. The number of aromatic nitrogens is 4. The SMILES string of the molecule is O=C(O)CCCn1nnnc1-c1cc(Cl)cc(Br)c1. The Morgan fingerprint density at radius 1 is 1.42 bits per heavy atom. The third-order valence-corrected chi connectivity index (χ3v) is 3.09. The van der Waals surface area contributed by atoms with Gasteiger partial charge >= 0.3 is 5.97 Å². The fourth-order valence-electron chi connectivity index (χ4n) is 1.62. The average Bonchev–Trinajstić information content (AvgIpc) is 2.75. The number of hydrogen-bond donors (Lipinski definition) is 1. The van der Waals surface area contributed by atoms with Gasteiger partial charge in [0.25, 0.3) is 0 Å².